The third-order valence-electron chi connectivity index (χ3n) is 4.44. The molecule has 8 nitrogen and oxygen atoms in total. The van der Waals surface area contributed by atoms with Gasteiger partial charge in [-0.15, -0.1) is 0 Å². The first-order valence-corrected chi connectivity index (χ1v) is 10.5. The monoisotopic (exact) mass is 492 g/mol. The summed E-state index contributed by atoms with van der Waals surface area (Å²) in [7, 11) is 1.57. The Kier molecular flexibility index (Phi) is 8.99. The number of hydrogen-bond acceptors (Lipinski definition) is 6. The average Bonchev–Trinajstić information content (AvgIpc) is 2.71. The molecule has 1 unspecified atom stereocenters. The number of para-hydroxylation sites is 1. The van der Waals surface area contributed by atoms with Crippen LogP contribution in [0, 0.1) is 10.1 Å². The van der Waals surface area contributed by atoms with Crippen LogP contribution in [0.5, 0.6) is 5.75 Å². The smallest absolute Gasteiger partial charge is 0.308 e. The number of amides is 1. The molecule has 1 atom stereocenters. The molecule has 9 heteroatoms. The van der Waals surface area contributed by atoms with Crippen LogP contribution >= 0.6 is 15.9 Å². The highest BCUT2D eigenvalue weighted by Gasteiger charge is 2.26. The van der Waals surface area contributed by atoms with Crippen LogP contribution in [0.4, 0.5) is 5.69 Å². The lowest BCUT2D eigenvalue weighted by Crippen LogP contribution is -2.31. The Labute approximate surface area is 189 Å². The molecule has 0 heterocycles. The zero-order valence-electron chi connectivity index (χ0n) is 17.6. The quantitative estimate of drug-likeness (QED) is 0.297. The van der Waals surface area contributed by atoms with E-state index in [9.17, 15) is 19.7 Å². The Morgan fingerprint density at radius 2 is 1.90 bits per heavy atom. The van der Waals surface area contributed by atoms with Gasteiger partial charge in [-0.2, -0.15) is 0 Å². The molecule has 0 saturated heterocycles. The molecule has 1 N–H and O–H groups in total. The number of rotatable bonds is 10. The molecule has 0 aliphatic rings. The maximum absolute atomic E-state index is 12.6. The van der Waals surface area contributed by atoms with Crippen LogP contribution in [-0.2, 0) is 20.7 Å². The van der Waals surface area contributed by atoms with Crippen LogP contribution in [0.3, 0.4) is 0 Å². The maximum atomic E-state index is 12.6. The highest BCUT2D eigenvalue weighted by molar-refractivity contribution is 9.10. The van der Waals surface area contributed by atoms with Gasteiger partial charge in [0.15, 0.2) is 0 Å². The Balaban J connectivity index is 2.15. The number of nitrogens with zero attached hydrogens (tertiary/aromatic N) is 1. The molecule has 0 aliphatic carbocycles. The van der Waals surface area contributed by atoms with Gasteiger partial charge in [-0.05, 0) is 53.9 Å². The Morgan fingerprint density at radius 3 is 2.52 bits per heavy atom. The average molecular weight is 493 g/mol. The van der Waals surface area contributed by atoms with Crippen LogP contribution in [0.15, 0.2) is 46.9 Å². The fourth-order valence-electron chi connectivity index (χ4n) is 3.05. The lowest BCUT2D eigenvalue weighted by molar-refractivity contribution is -0.385. The zero-order valence-corrected chi connectivity index (χ0v) is 19.2. The fourth-order valence-corrected chi connectivity index (χ4v) is 3.64. The van der Waals surface area contributed by atoms with E-state index in [0.717, 1.165) is 10.0 Å². The van der Waals surface area contributed by atoms with E-state index in [-0.39, 0.29) is 36.1 Å². The summed E-state index contributed by atoms with van der Waals surface area (Å²) < 4.78 is 11.1. The topological polar surface area (TPSA) is 108 Å². The second-order valence-corrected chi connectivity index (χ2v) is 8.00. The largest absolute Gasteiger partial charge is 0.496 e. The molecule has 0 bridgehead atoms. The minimum atomic E-state index is -0.872. The van der Waals surface area contributed by atoms with Gasteiger partial charge >= 0.3 is 5.97 Å². The second kappa shape index (κ2) is 11.5. The van der Waals surface area contributed by atoms with Crippen LogP contribution in [0.2, 0.25) is 0 Å². The van der Waals surface area contributed by atoms with E-state index in [2.05, 4.69) is 21.2 Å². The first-order chi connectivity index (χ1) is 14.7. The standard InChI is InChI=1S/C22H25BrN2O6/c1-14(2)31-22(27)13-18(16-6-4-5-7-19(16)25(28)29)24-21(26)11-9-15-8-10-20(30-3)17(23)12-15/h4-8,10,12,14,18H,9,11,13H2,1-3H3,(H,24,26). The molecule has 2 aromatic carbocycles. The molecule has 31 heavy (non-hydrogen) atoms. The van der Waals surface area contributed by atoms with Crippen LogP contribution in [0.1, 0.15) is 43.9 Å². The highest BCUT2D eigenvalue weighted by atomic mass is 79.9. The summed E-state index contributed by atoms with van der Waals surface area (Å²) in [5, 5.41) is 14.2. The summed E-state index contributed by atoms with van der Waals surface area (Å²) in [6.07, 6.45) is 0.0649. The maximum Gasteiger partial charge on any atom is 0.308 e. The van der Waals surface area contributed by atoms with Crippen molar-refractivity contribution >= 4 is 33.5 Å². The van der Waals surface area contributed by atoms with E-state index in [1.807, 2.05) is 12.1 Å². The Morgan fingerprint density at radius 1 is 1.19 bits per heavy atom. The molecule has 0 radical (unpaired) electrons. The van der Waals surface area contributed by atoms with Gasteiger partial charge in [0.25, 0.3) is 5.69 Å². The van der Waals surface area contributed by atoms with Crippen molar-refractivity contribution < 1.29 is 24.0 Å². The molecular formula is C22H25BrN2O6. The number of carbonyl (C=O) groups is 2. The third kappa shape index (κ3) is 7.36. The highest BCUT2D eigenvalue weighted by Crippen LogP contribution is 2.28. The Hall–Kier alpha value is -2.94. The van der Waals surface area contributed by atoms with Gasteiger partial charge in [0.1, 0.15) is 5.75 Å². The SMILES string of the molecule is COc1ccc(CCC(=O)NC(CC(=O)OC(C)C)c2ccccc2[N+](=O)[O-])cc1Br. The number of ether oxygens (including phenoxy) is 2. The second-order valence-electron chi connectivity index (χ2n) is 7.15. The minimum Gasteiger partial charge on any atom is -0.496 e. The van der Waals surface area contributed by atoms with E-state index < -0.39 is 16.9 Å². The minimum absolute atomic E-state index is 0.148. The van der Waals surface area contributed by atoms with Crippen molar-refractivity contribution in [1.82, 2.24) is 5.32 Å². The molecule has 0 saturated carbocycles. The van der Waals surface area contributed by atoms with Gasteiger partial charge in [-0.3, -0.25) is 19.7 Å². The van der Waals surface area contributed by atoms with E-state index in [1.165, 1.54) is 18.2 Å². The van der Waals surface area contributed by atoms with Crippen LogP contribution < -0.4 is 10.1 Å². The molecule has 0 aromatic heterocycles. The van der Waals surface area contributed by atoms with Crippen molar-refractivity contribution in [3.63, 3.8) is 0 Å². The number of nitro groups is 1. The van der Waals surface area contributed by atoms with Gasteiger partial charge < -0.3 is 14.8 Å². The van der Waals surface area contributed by atoms with Crippen molar-refractivity contribution in [3.05, 3.63) is 68.2 Å². The third-order valence-corrected chi connectivity index (χ3v) is 5.06. The lowest BCUT2D eigenvalue weighted by Gasteiger charge is -2.19. The number of esters is 1. The molecule has 2 aromatic rings. The molecule has 2 rings (SSSR count). The molecule has 166 valence electrons. The molecule has 0 fully saturated rings. The fraction of sp³-hybridized carbons (Fsp3) is 0.364. The summed E-state index contributed by atoms with van der Waals surface area (Å²) in [6, 6.07) is 10.7. The molecular weight excluding hydrogens is 468 g/mol. The van der Waals surface area contributed by atoms with E-state index in [4.69, 9.17) is 9.47 Å². The van der Waals surface area contributed by atoms with E-state index >= 15 is 0 Å². The van der Waals surface area contributed by atoms with Crippen LogP contribution in [0.25, 0.3) is 0 Å². The van der Waals surface area contributed by atoms with Crippen molar-refractivity contribution in [2.75, 3.05) is 7.11 Å². The number of benzene rings is 2. The van der Waals surface area contributed by atoms with Gasteiger partial charge in [-0.1, -0.05) is 24.3 Å². The number of methoxy groups -OCH3 is 1. The number of aryl methyl sites for hydroxylation is 1. The van der Waals surface area contributed by atoms with Gasteiger partial charge in [0.05, 0.1) is 40.6 Å². The van der Waals surface area contributed by atoms with E-state index in [0.29, 0.717) is 12.2 Å². The van der Waals surface area contributed by atoms with Crippen LogP contribution in [-0.4, -0.2) is 30.0 Å². The van der Waals surface area contributed by atoms with Crippen molar-refractivity contribution in [2.24, 2.45) is 0 Å². The predicted octanol–water partition coefficient (Wildman–Crippen LogP) is 4.50. The normalized spacial score (nSPS) is 11.6. The lowest BCUT2D eigenvalue weighted by atomic mass is 10.0. The summed E-state index contributed by atoms with van der Waals surface area (Å²) in [5.41, 5.74) is 1.02. The zero-order chi connectivity index (χ0) is 23.0. The van der Waals surface area contributed by atoms with Gasteiger partial charge in [0.2, 0.25) is 5.91 Å². The first-order valence-electron chi connectivity index (χ1n) is 9.75. The van der Waals surface area contributed by atoms with Gasteiger partial charge in [-0.25, -0.2) is 0 Å². The van der Waals surface area contributed by atoms with Gasteiger partial charge in [0, 0.05) is 12.5 Å². The van der Waals surface area contributed by atoms with Crippen molar-refractivity contribution in [2.45, 2.75) is 45.3 Å². The number of carbonyl (C=O) groups excluding carboxylic acids is 2. The molecule has 0 spiro atoms. The van der Waals surface area contributed by atoms with Crippen molar-refractivity contribution in [1.29, 1.82) is 0 Å². The van der Waals surface area contributed by atoms with E-state index in [1.54, 1.807) is 33.1 Å². The molecule has 1 amide bonds. The summed E-state index contributed by atoms with van der Waals surface area (Å²) >= 11 is 3.41. The number of hydrogen-bond donors (Lipinski definition) is 1. The molecule has 0 aliphatic heterocycles. The summed E-state index contributed by atoms with van der Waals surface area (Å²) in [5.74, 6) is -0.182. The first kappa shape index (κ1) is 24.3. The van der Waals surface area contributed by atoms with Crippen molar-refractivity contribution in [3.8, 4) is 5.75 Å². The Bertz CT molecular complexity index is 947. The summed E-state index contributed by atoms with van der Waals surface area (Å²) in [4.78, 5) is 35.7. The number of halogens is 1. The summed E-state index contributed by atoms with van der Waals surface area (Å²) in [6.45, 7) is 3.42. The predicted molar refractivity (Wildman–Crippen MR) is 119 cm³/mol. The number of nitro benzene ring substituents is 1. The number of nitrogens with one attached hydrogen (secondary N) is 1.